The van der Waals surface area contributed by atoms with E-state index in [4.69, 9.17) is 8.83 Å². The molecule has 0 radical (unpaired) electrons. The lowest BCUT2D eigenvalue weighted by atomic mass is 9.98. The highest BCUT2D eigenvalue weighted by Crippen LogP contribution is 2.42. The molecule has 3 aromatic heterocycles. The molecular formula is C45H31N3O2S. The van der Waals surface area contributed by atoms with Gasteiger partial charge in [0.15, 0.2) is 0 Å². The molecule has 0 saturated carbocycles. The predicted molar refractivity (Wildman–Crippen MR) is 210 cm³/mol. The molecule has 11 rings (SSSR count). The third-order valence-electron chi connectivity index (χ3n) is 10.4. The summed E-state index contributed by atoms with van der Waals surface area (Å²) in [7, 11) is 0. The molecule has 244 valence electrons. The minimum Gasteiger partial charge on any atom is -0.456 e. The van der Waals surface area contributed by atoms with Gasteiger partial charge in [0.2, 0.25) is 0 Å². The van der Waals surface area contributed by atoms with Crippen molar-refractivity contribution in [3.8, 4) is 11.1 Å². The maximum absolute atomic E-state index is 6.74. The maximum Gasteiger partial charge on any atom is 0.143 e. The quantitative estimate of drug-likeness (QED) is 0.173. The van der Waals surface area contributed by atoms with Gasteiger partial charge in [0.25, 0.3) is 0 Å². The highest BCUT2D eigenvalue weighted by Gasteiger charge is 2.32. The van der Waals surface area contributed by atoms with Gasteiger partial charge in [-0.1, -0.05) is 121 Å². The van der Waals surface area contributed by atoms with Gasteiger partial charge < -0.3 is 8.83 Å². The van der Waals surface area contributed by atoms with E-state index in [2.05, 4.69) is 155 Å². The number of rotatable bonds is 4. The molecule has 7 aromatic carbocycles. The first-order chi connectivity index (χ1) is 25.3. The van der Waals surface area contributed by atoms with Crippen molar-refractivity contribution < 1.29 is 8.83 Å². The summed E-state index contributed by atoms with van der Waals surface area (Å²) < 4.78 is 15.7. The number of hydrogen-bond donors (Lipinski definition) is 3. The Hall–Kier alpha value is -5.76. The highest BCUT2D eigenvalue weighted by atomic mass is 32.1. The van der Waals surface area contributed by atoms with Crippen molar-refractivity contribution in [2.75, 3.05) is 0 Å². The summed E-state index contributed by atoms with van der Waals surface area (Å²) in [6.45, 7) is 0. The molecule has 10 aromatic rings. The number of furan rings is 2. The first kappa shape index (κ1) is 29.0. The van der Waals surface area contributed by atoms with Crippen molar-refractivity contribution in [3.05, 3.63) is 168 Å². The number of thiophene rings is 1. The Balaban J connectivity index is 1.04. The van der Waals surface area contributed by atoms with Crippen LogP contribution in [0, 0.1) is 0 Å². The van der Waals surface area contributed by atoms with Crippen molar-refractivity contribution in [3.63, 3.8) is 0 Å². The molecule has 0 aliphatic carbocycles. The van der Waals surface area contributed by atoms with E-state index < -0.39 is 0 Å². The fraction of sp³-hybridized carbons (Fsp3) is 0.0667. The van der Waals surface area contributed by atoms with E-state index in [-0.39, 0.29) is 18.5 Å². The second-order valence-electron chi connectivity index (χ2n) is 13.3. The summed E-state index contributed by atoms with van der Waals surface area (Å²) in [5.74, 6) is 0. The van der Waals surface area contributed by atoms with E-state index in [1.54, 1.807) is 0 Å². The number of benzene rings is 7. The lowest BCUT2D eigenvalue weighted by Crippen LogP contribution is -2.54. The first-order valence-corrected chi connectivity index (χ1v) is 18.2. The Morgan fingerprint density at radius 3 is 1.96 bits per heavy atom. The standard InChI is InChI=1S/C45H31N3O2S/c1-2-11-26(12-3-1)43-46-44(33-18-10-22-39-40(33)32-14-5-7-21-38(32)51-39)48-45(47-43)34-19-9-17-31-35-25-27(23-24-37(35)50-42(31)34)28-15-8-16-30-29-13-4-6-20-36(29)49-41(28)30/h1-25,43-48H. The van der Waals surface area contributed by atoms with Crippen LogP contribution in [0.2, 0.25) is 0 Å². The lowest BCUT2D eigenvalue weighted by Gasteiger charge is -2.39. The fourth-order valence-corrected chi connectivity index (χ4v) is 9.21. The first-order valence-electron chi connectivity index (χ1n) is 17.4. The molecule has 0 spiro atoms. The third kappa shape index (κ3) is 4.58. The van der Waals surface area contributed by atoms with Crippen LogP contribution in [0.25, 0.3) is 75.2 Å². The molecule has 3 N–H and O–H groups in total. The summed E-state index contributed by atoms with van der Waals surface area (Å²) in [6.07, 6.45) is -0.425. The summed E-state index contributed by atoms with van der Waals surface area (Å²) >= 11 is 1.85. The lowest BCUT2D eigenvalue weighted by molar-refractivity contribution is 0.204. The Morgan fingerprint density at radius 2 is 1.06 bits per heavy atom. The second-order valence-corrected chi connectivity index (χ2v) is 14.4. The average molecular weight is 678 g/mol. The smallest absolute Gasteiger partial charge is 0.143 e. The van der Waals surface area contributed by atoms with Crippen molar-refractivity contribution in [1.82, 2.24) is 16.0 Å². The van der Waals surface area contributed by atoms with Crippen LogP contribution in [0.15, 0.2) is 160 Å². The summed E-state index contributed by atoms with van der Waals surface area (Å²) in [4.78, 5) is 0. The Morgan fingerprint density at radius 1 is 0.431 bits per heavy atom. The molecule has 6 heteroatoms. The van der Waals surface area contributed by atoms with Gasteiger partial charge in [0, 0.05) is 52.8 Å². The number of para-hydroxylation sites is 3. The zero-order valence-electron chi connectivity index (χ0n) is 27.4. The van der Waals surface area contributed by atoms with Crippen LogP contribution < -0.4 is 16.0 Å². The predicted octanol–water partition coefficient (Wildman–Crippen LogP) is 11.7. The van der Waals surface area contributed by atoms with Crippen LogP contribution in [-0.4, -0.2) is 0 Å². The number of fused-ring (bicyclic) bond motifs is 9. The SMILES string of the molecule is c1ccc(C2NC(c3cccc4c3oc3ccc(-c5cccc6c5oc5ccccc56)cc34)NC(c3cccc4sc5ccccc5c34)N2)cc1. The van der Waals surface area contributed by atoms with Crippen LogP contribution in [0.3, 0.4) is 0 Å². The molecule has 3 unspecified atom stereocenters. The molecule has 5 nitrogen and oxygen atoms in total. The van der Waals surface area contributed by atoms with Crippen LogP contribution >= 0.6 is 11.3 Å². The van der Waals surface area contributed by atoms with E-state index in [0.29, 0.717) is 0 Å². The maximum atomic E-state index is 6.74. The van der Waals surface area contributed by atoms with Gasteiger partial charge in [-0.25, -0.2) is 0 Å². The van der Waals surface area contributed by atoms with Gasteiger partial charge in [-0.05, 0) is 47.0 Å². The second kappa shape index (κ2) is 11.4. The van der Waals surface area contributed by atoms with Crippen LogP contribution in [-0.2, 0) is 0 Å². The van der Waals surface area contributed by atoms with Gasteiger partial charge in [0.05, 0.1) is 18.5 Å². The molecule has 1 fully saturated rings. The average Bonchev–Trinajstić information content (AvgIpc) is 3.89. The molecule has 0 amide bonds. The van der Waals surface area contributed by atoms with Crippen molar-refractivity contribution in [1.29, 1.82) is 0 Å². The van der Waals surface area contributed by atoms with E-state index in [0.717, 1.165) is 60.6 Å². The molecule has 51 heavy (non-hydrogen) atoms. The minimum absolute atomic E-state index is 0.0989. The van der Waals surface area contributed by atoms with E-state index in [1.807, 2.05) is 23.5 Å². The van der Waals surface area contributed by atoms with Gasteiger partial charge in [-0.2, -0.15) is 0 Å². The normalized spacial score (nSPS) is 18.2. The monoisotopic (exact) mass is 677 g/mol. The van der Waals surface area contributed by atoms with E-state index in [1.165, 1.54) is 31.3 Å². The Labute approximate surface area is 297 Å². The summed E-state index contributed by atoms with van der Waals surface area (Å²) in [5, 5.41) is 18.7. The molecule has 1 saturated heterocycles. The Kier molecular flexibility index (Phi) is 6.48. The summed E-state index contributed by atoms with van der Waals surface area (Å²) in [5.41, 5.74) is 9.19. The van der Waals surface area contributed by atoms with Gasteiger partial charge in [-0.15, -0.1) is 11.3 Å². The third-order valence-corrected chi connectivity index (χ3v) is 11.6. The van der Waals surface area contributed by atoms with Gasteiger partial charge in [-0.3, -0.25) is 16.0 Å². The molecule has 1 aliphatic rings. The number of nitrogens with one attached hydrogen (secondary N) is 3. The summed E-state index contributed by atoms with van der Waals surface area (Å²) in [6, 6.07) is 53.6. The molecule has 0 bridgehead atoms. The van der Waals surface area contributed by atoms with E-state index >= 15 is 0 Å². The molecule has 3 atom stereocenters. The van der Waals surface area contributed by atoms with Crippen LogP contribution in [0.1, 0.15) is 35.2 Å². The Bertz CT molecular complexity index is 2940. The molecule has 1 aliphatic heterocycles. The fourth-order valence-electron chi connectivity index (χ4n) is 8.07. The van der Waals surface area contributed by atoms with Crippen LogP contribution in [0.4, 0.5) is 0 Å². The molecular weight excluding hydrogens is 647 g/mol. The topological polar surface area (TPSA) is 62.4 Å². The van der Waals surface area contributed by atoms with Crippen LogP contribution in [0.5, 0.6) is 0 Å². The van der Waals surface area contributed by atoms with Gasteiger partial charge >= 0.3 is 0 Å². The minimum atomic E-state index is -0.199. The van der Waals surface area contributed by atoms with Crippen molar-refractivity contribution in [2.24, 2.45) is 0 Å². The van der Waals surface area contributed by atoms with Crippen molar-refractivity contribution >= 4 is 75.4 Å². The van der Waals surface area contributed by atoms with E-state index in [9.17, 15) is 0 Å². The largest absolute Gasteiger partial charge is 0.456 e. The zero-order chi connectivity index (χ0) is 33.5. The highest BCUT2D eigenvalue weighted by molar-refractivity contribution is 7.25. The zero-order valence-corrected chi connectivity index (χ0v) is 28.2. The molecule has 4 heterocycles. The van der Waals surface area contributed by atoms with Gasteiger partial charge in [0.1, 0.15) is 22.3 Å². The number of hydrogen-bond acceptors (Lipinski definition) is 6. The van der Waals surface area contributed by atoms with Crippen molar-refractivity contribution in [2.45, 2.75) is 18.5 Å².